The van der Waals surface area contributed by atoms with Crippen molar-refractivity contribution in [2.45, 2.75) is 13.0 Å². The van der Waals surface area contributed by atoms with Gasteiger partial charge in [-0.2, -0.15) is 0 Å². The summed E-state index contributed by atoms with van der Waals surface area (Å²) in [6, 6.07) is 13.8. The molecule has 1 heterocycles. The lowest BCUT2D eigenvalue weighted by molar-refractivity contribution is -0.137. The molecule has 3 aromatic rings. The number of hydrogen-bond donors (Lipinski definition) is 1. The van der Waals surface area contributed by atoms with E-state index in [0.29, 0.717) is 22.3 Å². The number of fused-ring (bicyclic) bond motifs is 1. The first-order chi connectivity index (χ1) is 13.0. The fourth-order valence-corrected chi connectivity index (χ4v) is 2.71. The average Bonchev–Trinajstić information content (AvgIpc) is 2.67. The van der Waals surface area contributed by atoms with Gasteiger partial charge in [0.15, 0.2) is 0 Å². The molecule has 0 spiro atoms. The molecule has 0 aliphatic heterocycles. The summed E-state index contributed by atoms with van der Waals surface area (Å²) < 4.78 is 6.21. The van der Waals surface area contributed by atoms with Gasteiger partial charge in [-0.25, -0.2) is 9.59 Å². The maximum absolute atomic E-state index is 12.4. The van der Waals surface area contributed by atoms with Gasteiger partial charge in [0.1, 0.15) is 0 Å². The number of H-pyrrole nitrogens is 1. The van der Waals surface area contributed by atoms with E-state index in [-0.39, 0.29) is 18.7 Å². The van der Waals surface area contributed by atoms with Crippen LogP contribution in [0.3, 0.4) is 0 Å². The number of esters is 1. The van der Waals surface area contributed by atoms with Crippen LogP contribution < -0.4 is 11.2 Å². The number of rotatable bonds is 6. The molecule has 0 aliphatic rings. The van der Waals surface area contributed by atoms with E-state index in [9.17, 15) is 14.4 Å². The van der Waals surface area contributed by atoms with E-state index in [4.69, 9.17) is 16.3 Å². The van der Waals surface area contributed by atoms with E-state index in [2.05, 4.69) is 4.98 Å². The molecule has 0 aliphatic carbocycles. The monoisotopic (exact) mass is 384 g/mol. The van der Waals surface area contributed by atoms with Crippen LogP contribution in [-0.4, -0.2) is 22.1 Å². The van der Waals surface area contributed by atoms with E-state index in [1.165, 1.54) is 6.08 Å². The number of nitrogens with one attached hydrogen (secondary N) is 1. The van der Waals surface area contributed by atoms with Gasteiger partial charge in [0.25, 0.3) is 5.56 Å². The molecule has 27 heavy (non-hydrogen) atoms. The van der Waals surface area contributed by atoms with Crippen LogP contribution in [0, 0.1) is 0 Å². The van der Waals surface area contributed by atoms with Gasteiger partial charge in [-0.05, 0) is 42.3 Å². The lowest BCUT2D eigenvalue weighted by atomic mass is 10.2. The Morgan fingerprint density at radius 3 is 2.63 bits per heavy atom. The number of para-hydroxylation sites is 1. The van der Waals surface area contributed by atoms with Crippen LogP contribution in [-0.2, 0) is 16.1 Å². The number of carbonyl (C=O) groups excluding carboxylic acids is 1. The predicted octanol–water partition coefficient (Wildman–Crippen LogP) is 2.99. The summed E-state index contributed by atoms with van der Waals surface area (Å²) in [4.78, 5) is 38.8. The Balaban J connectivity index is 1.55. The molecule has 0 amide bonds. The molecule has 3 rings (SSSR count). The standard InChI is InChI=1S/C20H17ClN2O4/c21-15-9-6-14(7-10-15)8-11-18(24)27-13-3-12-23-19(25)16-4-1-2-5-17(16)22-20(23)26/h1-2,4-11H,3,12-13H2,(H,22,26)/b11-8+. The Kier molecular flexibility index (Phi) is 5.88. The van der Waals surface area contributed by atoms with Crippen molar-refractivity contribution in [1.82, 2.24) is 9.55 Å². The summed E-state index contributed by atoms with van der Waals surface area (Å²) in [7, 11) is 0. The predicted molar refractivity (Wildman–Crippen MR) is 105 cm³/mol. The van der Waals surface area contributed by atoms with Gasteiger partial charge >= 0.3 is 11.7 Å². The van der Waals surface area contributed by atoms with Gasteiger partial charge in [-0.15, -0.1) is 0 Å². The second kappa shape index (κ2) is 8.51. The number of nitrogens with zero attached hydrogens (tertiary/aromatic N) is 1. The summed E-state index contributed by atoms with van der Waals surface area (Å²) in [5.74, 6) is -0.496. The third-order valence-electron chi connectivity index (χ3n) is 3.94. The molecule has 1 N–H and O–H groups in total. The second-order valence-corrected chi connectivity index (χ2v) is 6.27. The highest BCUT2D eigenvalue weighted by Gasteiger charge is 2.07. The third-order valence-corrected chi connectivity index (χ3v) is 4.19. The SMILES string of the molecule is O=C(/C=C/c1ccc(Cl)cc1)OCCCn1c(=O)[nH]c2ccccc2c1=O. The number of benzene rings is 2. The lowest BCUT2D eigenvalue weighted by Crippen LogP contribution is -2.35. The molecule has 0 saturated carbocycles. The number of aromatic amines is 1. The fourth-order valence-electron chi connectivity index (χ4n) is 2.58. The van der Waals surface area contributed by atoms with Gasteiger partial charge in [0.05, 0.1) is 17.5 Å². The smallest absolute Gasteiger partial charge is 0.330 e. The average molecular weight is 385 g/mol. The first kappa shape index (κ1) is 18.7. The van der Waals surface area contributed by atoms with Gasteiger partial charge in [-0.3, -0.25) is 9.36 Å². The Bertz CT molecular complexity index is 1100. The summed E-state index contributed by atoms with van der Waals surface area (Å²) in [6.45, 7) is 0.260. The zero-order chi connectivity index (χ0) is 19.2. The molecular weight excluding hydrogens is 368 g/mol. The minimum absolute atomic E-state index is 0.0997. The van der Waals surface area contributed by atoms with E-state index >= 15 is 0 Å². The number of hydrogen-bond acceptors (Lipinski definition) is 4. The first-order valence-electron chi connectivity index (χ1n) is 8.37. The van der Waals surface area contributed by atoms with Crippen LogP contribution in [0.2, 0.25) is 5.02 Å². The molecule has 0 atom stereocenters. The lowest BCUT2D eigenvalue weighted by Gasteiger charge is -2.06. The van der Waals surface area contributed by atoms with E-state index < -0.39 is 11.7 Å². The fraction of sp³-hybridized carbons (Fsp3) is 0.150. The Morgan fingerprint density at radius 1 is 1.11 bits per heavy atom. The quantitative estimate of drug-likeness (QED) is 0.402. The highest BCUT2D eigenvalue weighted by atomic mass is 35.5. The van der Waals surface area contributed by atoms with Gasteiger partial charge in [-0.1, -0.05) is 35.9 Å². The minimum Gasteiger partial charge on any atom is -0.462 e. The normalized spacial score (nSPS) is 11.1. The van der Waals surface area contributed by atoms with E-state index in [1.807, 2.05) is 0 Å². The van der Waals surface area contributed by atoms with Crippen LogP contribution in [0.5, 0.6) is 0 Å². The maximum atomic E-state index is 12.4. The number of ether oxygens (including phenoxy) is 1. The Morgan fingerprint density at radius 2 is 1.85 bits per heavy atom. The van der Waals surface area contributed by atoms with Crippen LogP contribution in [0.25, 0.3) is 17.0 Å². The van der Waals surface area contributed by atoms with Crippen LogP contribution in [0.4, 0.5) is 0 Å². The van der Waals surface area contributed by atoms with Crippen LogP contribution >= 0.6 is 11.6 Å². The van der Waals surface area contributed by atoms with Gasteiger partial charge in [0.2, 0.25) is 0 Å². The number of aromatic nitrogens is 2. The topological polar surface area (TPSA) is 81.2 Å². The zero-order valence-electron chi connectivity index (χ0n) is 14.4. The summed E-state index contributed by atoms with van der Waals surface area (Å²) in [6.07, 6.45) is 3.29. The van der Waals surface area contributed by atoms with Crippen LogP contribution in [0.15, 0.2) is 64.2 Å². The van der Waals surface area contributed by atoms with Crippen LogP contribution in [0.1, 0.15) is 12.0 Å². The van der Waals surface area contributed by atoms with Gasteiger partial charge in [0, 0.05) is 17.6 Å². The molecule has 0 fully saturated rings. The number of halogens is 1. The molecular formula is C20H17ClN2O4. The zero-order valence-corrected chi connectivity index (χ0v) is 15.1. The molecule has 0 unspecified atom stereocenters. The minimum atomic E-state index is -0.496. The van der Waals surface area contributed by atoms with Crippen molar-refractivity contribution in [3.63, 3.8) is 0 Å². The van der Waals surface area contributed by atoms with E-state index in [1.54, 1.807) is 54.6 Å². The van der Waals surface area contributed by atoms with Crippen molar-refractivity contribution in [3.8, 4) is 0 Å². The highest BCUT2D eigenvalue weighted by Crippen LogP contribution is 2.10. The number of carbonyl (C=O) groups is 1. The largest absolute Gasteiger partial charge is 0.462 e. The van der Waals surface area contributed by atoms with Crippen molar-refractivity contribution < 1.29 is 9.53 Å². The van der Waals surface area contributed by atoms with Crippen molar-refractivity contribution in [1.29, 1.82) is 0 Å². The molecule has 0 saturated heterocycles. The van der Waals surface area contributed by atoms with Crippen molar-refractivity contribution in [2.24, 2.45) is 0 Å². The molecule has 1 aromatic heterocycles. The van der Waals surface area contributed by atoms with Gasteiger partial charge < -0.3 is 9.72 Å². The summed E-state index contributed by atoms with van der Waals surface area (Å²) in [5.41, 5.74) is 0.490. The van der Waals surface area contributed by atoms with Crippen molar-refractivity contribution in [3.05, 3.63) is 86.0 Å². The Hall–Kier alpha value is -3.12. The molecule has 138 valence electrons. The molecule has 0 radical (unpaired) electrons. The molecule has 0 bridgehead atoms. The van der Waals surface area contributed by atoms with E-state index in [0.717, 1.165) is 10.1 Å². The Labute approximate surface area is 159 Å². The summed E-state index contributed by atoms with van der Waals surface area (Å²) in [5, 5.41) is 1.06. The van der Waals surface area contributed by atoms with Crippen molar-refractivity contribution >= 4 is 34.5 Å². The third kappa shape index (κ3) is 4.74. The molecule has 2 aromatic carbocycles. The summed E-state index contributed by atoms with van der Waals surface area (Å²) >= 11 is 5.80. The second-order valence-electron chi connectivity index (χ2n) is 5.84. The highest BCUT2D eigenvalue weighted by molar-refractivity contribution is 6.30. The maximum Gasteiger partial charge on any atom is 0.330 e. The molecule has 7 heteroatoms. The van der Waals surface area contributed by atoms with Crippen molar-refractivity contribution in [2.75, 3.05) is 6.61 Å². The molecule has 6 nitrogen and oxygen atoms in total. The first-order valence-corrected chi connectivity index (χ1v) is 8.74.